The van der Waals surface area contributed by atoms with Crippen LogP contribution >= 0.6 is 12.2 Å². The second-order valence-electron chi connectivity index (χ2n) is 5.76. The van der Waals surface area contributed by atoms with Crippen molar-refractivity contribution in [1.29, 1.82) is 0 Å². The van der Waals surface area contributed by atoms with Crippen LogP contribution in [0, 0.1) is 13.8 Å². The van der Waals surface area contributed by atoms with E-state index in [9.17, 15) is 0 Å². The molecular weight excluding hydrogens is 320 g/mol. The van der Waals surface area contributed by atoms with Crippen molar-refractivity contribution in [3.8, 4) is 5.82 Å². The number of hydrogen-bond donors (Lipinski definition) is 2. The van der Waals surface area contributed by atoms with Crippen LogP contribution in [0.1, 0.15) is 36.8 Å². The van der Waals surface area contributed by atoms with Crippen LogP contribution in [-0.2, 0) is 0 Å². The van der Waals surface area contributed by atoms with E-state index < -0.39 is 0 Å². The van der Waals surface area contributed by atoms with Gasteiger partial charge in [-0.15, -0.1) is 6.58 Å². The summed E-state index contributed by atoms with van der Waals surface area (Å²) in [5.41, 5.74) is 6.06. The van der Waals surface area contributed by atoms with Crippen LogP contribution in [0.3, 0.4) is 0 Å². The van der Waals surface area contributed by atoms with Gasteiger partial charge < -0.3 is 9.88 Å². The van der Waals surface area contributed by atoms with Gasteiger partial charge in [0.15, 0.2) is 5.11 Å². The Hall–Kier alpha value is -2.41. The number of thiocarbonyl (C=S) groups is 1. The summed E-state index contributed by atoms with van der Waals surface area (Å²) in [4.78, 5) is 0. The van der Waals surface area contributed by atoms with Gasteiger partial charge in [-0.05, 0) is 46.0 Å². The van der Waals surface area contributed by atoms with Gasteiger partial charge in [0.25, 0.3) is 0 Å². The highest BCUT2D eigenvalue weighted by atomic mass is 32.1. The normalized spacial score (nSPS) is 11.2. The molecule has 6 nitrogen and oxygen atoms in total. The maximum atomic E-state index is 5.11. The van der Waals surface area contributed by atoms with Crippen LogP contribution in [0.15, 0.2) is 36.1 Å². The van der Waals surface area contributed by atoms with Crippen LogP contribution in [0.25, 0.3) is 5.82 Å². The Balaban J connectivity index is 2.22. The number of hydrogen-bond acceptors (Lipinski definition) is 3. The Bertz CT molecular complexity index is 753. The smallest absolute Gasteiger partial charge is 0.187 e. The van der Waals surface area contributed by atoms with Gasteiger partial charge in [0.1, 0.15) is 5.82 Å². The van der Waals surface area contributed by atoms with E-state index in [-0.39, 0.29) is 0 Å². The summed E-state index contributed by atoms with van der Waals surface area (Å²) in [6.07, 6.45) is 5.34. The van der Waals surface area contributed by atoms with Gasteiger partial charge in [-0.25, -0.2) is 4.68 Å². The number of nitrogens with zero attached hydrogens (tertiary/aromatic N) is 4. The summed E-state index contributed by atoms with van der Waals surface area (Å²) in [7, 11) is 0. The van der Waals surface area contributed by atoms with Gasteiger partial charge in [-0.3, -0.25) is 5.43 Å². The van der Waals surface area contributed by atoms with Crippen molar-refractivity contribution in [2.75, 3.05) is 6.54 Å². The molecule has 0 aromatic carbocycles. The van der Waals surface area contributed by atoms with Crippen molar-refractivity contribution >= 4 is 23.5 Å². The summed E-state index contributed by atoms with van der Waals surface area (Å²) in [5.74, 6) is 1.05. The van der Waals surface area contributed by atoms with Crippen LogP contribution in [-0.4, -0.2) is 32.2 Å². The molecule has 0 fully saturated rings. The third-order valence-electron chi connectivity index (χ3n) is 3.61. The van der Waals surface area contributed by atoms with Crippen molar-refractivity contribution < 1.29 is 0 Å². The second-order valence-corrected chi connectivity index (χ2v) is 6.17. The fourth-order valence-corrected chi connectivity index (χ4v) is 2.65. The van der Waals surface area contributed by atoms with Gasteiger partial charge in [0, 0.05) is 35.6 Å². The lowest BCUT2D eigenvalue weighted by atomic mass is 10.3. The maximum Gasteiger partial charge on any atom is 0.187 e. The molecule has 0 spiro atoms. The third-order valence-corrected chi connectivity index (χ3v) is 3.85. The fourth-order valence-electron chi connectivity index (χ4n) is 2.52. The SMILES string of the molecule is C=CCNC(=S)N/N=C\c1cc(C)n(-c2ccnn2C(C)C)c1C. The Labute approximate surface area is 148 Å². The predicted octanol–water partition coefficient (Wildman–Crippen LogP) is 2.86. The average molecular weight is 344 g/mol. The van der Waals surface area contributed by atoms with Crippen molar-refractivity contribution in [1.82, 2.24) is 25.1 Å². The topological polar surface area (TPSA) is 59.2 Å². The zero-order chi connectivity index (χ0) is 17.7. The lowest BCUT2D eigenvalue weighted by Gasteiger charge is -2.15. The molecule has 0 saturated carbocycles. The third kappa shape index (κ3) is 3.91. The van der Waals surface area contributed by atoms with Crippen LogP contribution < -0.4 is 10.7 Å². The predicted molar refractivity (Wildman–Crippen MR) is 103 cm³/mol. The minimum absolute atomic E-state index is 0.295. The zero-order valence-electron chi connectivity index (χ0n) is 14.6. The fraction of sp³-hybridized carbons (Fsp3) is 0.353. The van der Waals surface area contributed by atoms with E-state index >= 15 is 0 Å². The molecule has 0 bridgehead atoms. The highest BCUT2D eigenvalue weighted by Crippen LogP contribution is 2.21. The molecule has 0 radical (unpaired) electrons. The molecule has 0 amide bonds. The van der Waals surface area contributed by atoms with Crippen molar-refractivity contribution in [3.05, 3.63) is 47.9 Å². The molecule has 0 aliphatic rings. The van der Waals surface area contributed by atoms with Gasteiger partial charge in [0.05, 0.1) is 12.4 Å². The lowest BCUT2D eigenvalue weighted by molar-refractivity contribution is 0.519. The summed E-state index contributed by atoms with van der Waals surface area (Å²) in [6.45, 7) is 12.6. The van der Waals surface area contributed by atoms with Crippen LogP contribution in [0.4, 0.5) is 0 Å². The quantitative estimate of drug-likeness (QED) is 0.366. The molecule has 0 saturated heterocycles. The number of nitrogens with one attached hydrogen (secondary N) is 2. The minimum atomic E-state index is 0.295. The summed E-state index contributed by atoms with van der Waals surface area (Å²) >= 11 is 5.11. The average Bonchev–Trinajstić information content (AvgIpc) is 3.10. The molecule has 7 heteroatoms. The molecule has 0 atom stereocenters. The van der Waals surface area contributed by atoms with E-state index in [2.05, 4.69) is 65.9 Å². The first-order valence-corrected chi connectivity index (χ1v) is 8.27. The van der Waals surface area contributed by atoms with E-state index in [1.165, 1.54) is 0 Å². The van der Waals surface area contributed by atoms with E-state index in [1.807, 2.05) is 16.9 Å². The second kappa shape index (κ2) is 7.92. The first kappa shape index (κ1) is 17.9. The molecule has 128 valence electrons. The van der Waals surface area contributed by atoms with E-state index in [0.29, 0.717) is 17.7 Å². The van der Waals surface area contributed by atoms with E-state index in [4.69, 9.17) is 12.2 Å². The van der Waals surface area contributed by atoms with Gasteiger partial charge in [0.2, 0.25) is 0 Å². The summed E-state index contributed by atoms with van der Waals surface area (Å²) in [6, 6.07) is 4.41. The molecule has 2 N–H and O–H groups in total. The molecule has 2 aromatic heterocycles. The Morgan fingerprint density at radius 2 is 2.21 bits per heavy atom. The molecule has 2 heterocycles. The number of aromatic nitrogens is 3. The van der Waals surface area contributed by atoms with Gasteiger partial charge in [-0.1, -0.05) is 6.08 Å². The highest BCUT2D eigenvalue weighted by molar-refractivity contribution is 7.80. The number of rotatable bonds is 6. The van der Waals surface area contributed by atoms with E-state index in [0.717, 1.165) is 22.8 Å². The number of hydrazone groups is 1. The van der Waals surface area contributed by atoms with Gasteiger partial charge in [-0.2, -0.15) is 10.2 Å². The lowest BCUT2D eigenvalue weighted by Crippen LogP contribution is -2.31. The van der Waals surface area contributed by atoms with Crippen LogP contribution in [0.5, 0.6) is 0 Å². The first-order chi connectivity index (χ1) is 11.5. The maximum absolute atomic E-state index is 5.11. The van der Waals surface area contributed by atoms with Crippen molar-refractivity contribution in [2.24, 2.45) is 5.10 Å². The van der Waals surface area contributed by atoms with E-state index in [1.54, 1.807) is 12.3 Å². The summed E-state index contributed by atoms with van der Waals surface area (Å²) in [5, 5.41) is 12.0. The zero-order valence-corrected chi connectivity index (χ0v) is 15.4. The monoisotopic (exact) mass is 344 g/mol. The molecule has 0 aliphatic heterocycles. The molecule has 2 aromatic rings. The Morgan fingerprint density at radius 1 is 1.46 bits per heavy atom. The molecule has 0 unspecified atom stereocenters. The minimum Gasteiger partial charge on any atom is -0.358 e. The van der Waals surface area contributed by atoms with Crippen molar-refractivity contribution in [3.63, 3.8) is 0 Å². The summed E-state index contributed by atoms with van der Waals surface area (Å²) < 4.78 is 4.19. The molecule has 2 rings (SSSR count). The number of aryl methyl sites for hydroxylation is 1. The standard InChI is InChI=1S/C17H24N6S/c1-6-8-18-17(24)21-19-11-15-10-13(4)22(14(15)5)16-7-9-20-23(16)12(2)3/h6-7,9-12H,1,8H2,2-5H3,(H2,18,21,24)/b19-11-. The Kier molecular flexibility index (Phi) is 5.92. The van der Waals surface area contributed by atoms with Crippen molar-refractivity contribution in [2.45, 2.75) is 33.7 Å². The van der Waals surface area contributed by atoms with Crippen LogP contribution in [0.2, 0.25) is 0 Å². The highest BCUT2D eigenvalue weighted by Gasteiger charge is 2.14. The molecular formula is C17H24N6S. The molecule has 0 aliphatic carbocycles. The Morgan fingerprint density at radius 3 is 2.88 bits per heavy atom. The largest absolute Gasteiger partial charge is 0.358 e. The van der Waals surface area contributed by atoms with Gasteiger partial charge >= 0.3 is 0 Å². The first-order valence-electron chi connectivity index (χ1n) is 7.86. The molecule has 24 heavy (non-hydrogen) atoms.